The van der Waals surface area contributed by atoms with Gasteiger partial charge in [-0.2, -0.15) is 5.10 Å². The maximum Gasteiger partial charge on any atom is 0.246 e. The van der Waals surface area contributed by atoms with Gasteiger partial charge in [0.25, 0.3) is 0 Å². The number of aromatic nitrogens is 2. The molecule has 0 atom stereocenters. The number of carbonyl (C=O) groups is 1. The molecule has 0 radical (unpaired) electrons. The Kier molecular flexibility index (Phi) is 3.30. The molecule has 6 heteroatoms. The van der Waals surface area contributed by atoms with E-state index in [1.54, 1.807) is 36.7 Å². The fourth-order valence-electron chi connectivity index (χ4n) is 1.38. The van der Waals surface area contributed by atoms with Gasteiger partial charge in [-0.3, -0.25) is 9.48 Å². The van der Waals surface area contributed by atoms with Crippen LogP contribution in [0.15, 0.2) is 36.7 Å². The summed E-state index contributed by atoms with van der Waals surface area (Å²) in [7, 11) is 0. The number of nitrogens with zero attached hydrogens (tertiary/aromatic N) is 2. The van der Waals surface area contributed by atoms with Crippen molar-refractivity contribution in [1.29, 1.82) is 0 Å². The van der Waals surface area contributed by atoms with Crippen molar-refractivity contribution in [2.24, 2.45) is 0 Å². The summed E-state index contributed by atoms with van der Waals surface area (Å²) >= 11 is 5.76. The van der Waals surface area contributed by atoms with Gasteiger partial charge in [-0.05, 0) is 24.3 Å². The van der Waals surface area contributed by atoms with Crippen LogP contribution in [0.25, 0.3) is 0 Å². The molecule has 2 rings (SSSR count). The molecule has 0 bridgehead atoms. The van der Waals surface area contributed by atoms with Crippen molar-refractivity contribution in [3.8, 4) is 0 Å². The number of hydrogen-bond acceptors (Lipinski definition) is 3. The van der Waals surface area contributed by atoms with Gasteiger partial charge in [0.1, 0.15) is 6.54 Å². The number of amides is 1. The van der Waals surface area contributed by atoms with Crippen LogP contribution in [-0.2, 0) is 11.3 Å². The number of nitrogens with two attached hydrogens (primary N) is 1. The van der Waals surface area contributed by atoms with Gasteiger partial charge in [-0.15, -0.1) is 0 Å². The average molecular weight is 251 g/mol. The van der Waals surface area contributed by atoms with Gasteiger partial charge >= 0.3 is 0 Å². The third-order valence-electron chi connectivity index (χ3n) is 2.15. The molecule has 0 aliphatic carbocycles. The summed E-state index contributed by atoms with van der Waals surface area (Å²) in [5.41, 5.74) is 6.71. The van der Waals surface area contributed by atoms with Crippen LogP contribution in [0.1, 0.15) is 0 Å². The first-order valence-electron chi connectivity index (χ1n) is 4.97. The molecule has 1 amide bonds. The summed E-state index contributed by atoms with van der Waals surface area (Å²) in [5.74, 6) is -0.192. The van der Waals surface area contributed by atoms with Crippen LogP contribution in [-0.4, -0.2) is 15.7 Å². The zero-order chi connectivity index (χ0) is 12.3. The highest BCUT2D eigenvalue weighted by atomic mass is 35.5. The minimum atomic E-state index is -0.192. The summed E-state index contributed by atoms with van der Waals surface area (Å²) in [6.45, 7) is 0.148. The van der Waals surface area contributed by atoms with E-state index in [0.717, 1.165) is 0 Å². The first kappa shape index (κ1) is 11.5. The highest BCUT2D eigenvalue weighted by Gasteiger charge is 2.06. The molecule has 0 aliphatic rings. The summed E-state index contributed by atoms with van der Waals surface area (Å²) in [6, 6.07) is 6.68. The van der Waals surface area contributed by atoms with E-state index in [9.17, 15) is 4.79 Å². The van der Waals surface area contributed by atoms with Gasteiger partial charge in [0, 0.05) is 17.4 Å². The van der Waals surface area contributed by atoms with E-state index in [2.05, 4.69) is 10.4 Å². The zero-order valence-electron chi connectivity index (χ0n) is 8.93. The number of nitrogens with one attached hydrogen (secondary N) is 1. The van der Waals surface area contributed by atoms with Crippen molar-refractivity contribution in [3.63, 3.8) is 0 Å². The van der Waals surface area contributed by atoms with E-state index < -0.39 is 0 Å². The Morgan fingerprint density at radius 3 is 3.00 bits per heavy atom. The van der Waals surface area contributed by atoms with Gasteiger partial charge in [0.05, 0.1) is 11.4 Å². The van der Waals surface area contributed by atoms with Crippen LogP contribution in [0.3, 0.4) is 0 Å². The lowest BCUT2D eigenvalue weighted by Gasteiger charge is -2.08. The number of halogens is 1. The van der Waals surface area contributed by atoms with Crippen LogP contribution in [0, 0.1) is 0 Å². The molecule has 88 valence electrons. The van der Waals surface area contributed by atoms with Gasteiger partial charge in [0.2, 0.25) is 5.91 Å². The van der Waals surface area contributed by atoms with Gasteiger partial charge in [-0.1, -0.05) is 11.6 Å². The van der Waals surface area contributed by atoms with Crippen molar-refractivity contribution < 1.29 is 4.79 Å². The minimum Gasteiger partial charge on any atom is -0.397 e. The molecule has 0 aliphatic heterocycles. The highest BCUT2D eigenvalue weighted by Crippen LogP contribution is 2.22. The molecule has 1 aromatic carbocycles. The quantitative estimate of drug-likeness (QED) is 0.816. The SMILES string of the molecule is Nc1cc(Cl)ccc1NC(=O)Cn1cccn1. The largest absolute Gasteiger partial charge is 0.397 e. The lowest BCUT2D eigenvalue weighted by molar-refractivity contribution is -0.116. The van der Waals surface area contributed by atoms with Crippen LogP contribution in [0.2, 0.25) is 5.02 Å². The van der Waals surface area contributed by atoms with Crippen LogP contribution < -0.4 is 11.1 Å². The minimum absolute atomic E-state index is 0.148. The molecule has 0 saturated carbocycles. The van der Waals surface area contributed by atoms with Crippen molar-refractivity contribution in [3.05, 3.63) is 41.7 Å². The number of rotatable bonds is 3. The maximum atomic E-state index is 11.7. The normalized spacial score (nSPS) is 10.2. The predicted molar refractivity (Wildman–Crippen MR) is 66.7 cm³/mol. The molecule has 2 aromatic rings. The molecule has 1 aromatic heterocycles. The summed E-state index contributed by atoms with van der Waals surface area (Å²) in [6.07, 6.45) is 3.33. The van der Waals surface area contributed by atoms with Crippen molar-refractivity contribution in [2.75, 3.05) is 11.1 Å². The highest BCUT2D eigenvalue weighted by molar-refractivity contribution is 6.31. The van der Waals surface area contributed by atoms with E-state index in [1.165, 1.54) is 4.68 Å². The Hall–Kier alpha value is -2.01. The molecule has 0 unspecified atom stereocenters. The topological polar surface area (TPSA) is 72.9 Å². The van der Waals surface area contributed by atoms with Crippen LogP contribution >= 0.6 is 11.6 Å². The smallest absolute Gasteiger partial charge is 0.246 e. The molecule has 0 fully saturated rings. The number of anilines is 2. The number of hydrogen-bond donors (Lipinski definition) is 2. The van der Waals surface area contributed by atoms with Crippen molar-refractivity contribution in [1.82, 2.24) is 9.78 Å². The van der Waals surface area contributed by atoms with E-state index in [1.807, 2.05) is 0 Å². The summed E-state index contributed by atoms with van der Waals surface area (Å²) in [5, 5.41) is 7.16. The Bertz CT molecular complexity index is 524. The first-order chi connectivity index (χ1) is 8.15. The Morgan fingerprint density at radius 2 is 2.35 bits per heavy atom. The summed E-state index contributed by atoms with van der Waals surface area (Å²) < 4.78 is 1.53. The molecule has 17 heavy (non-hydrogen) atoms. The second-order valence-corrected chi connectivity index (χ2v) is 3.92. The van der Waals surface area contributed by atoms with Crippen molar-refractivity contribution >= 4 is 28.9 Å². The lowest BCUT2D eigenvalue weighted by atomic mass is 10.2. The van der Waals surface area contributed by atoms with Gasteiger partial charge < -0.3 is 11.1 Å². The first-order valence-corrected chi connectivity index (χ1v) is 5.35. The zero-order valence-corrected chi connectivity index (χ0v) is 9.69. The maximum absolute atomic E-state index is 11.7. The number of benzene rings is 1. The molecule has 0 saturated heterocycles. The third kappa shape index (κ3) is 2.98. The second-order valence-electron chi connectivity index (χ2n) is 3.48. The average Bonchev–Trinajstić information content (AvgIpc) is 2.75. The Morgan fingerprint density at radius 1 is 1.53 bits per heavy atom. The van der Waals surface area contributed by atoms with E-state index >= 15 is 0 Å². The molecule has 0 spiro atoms. The lowest BCUT2D eigenvalue weighted by Crippen LogP contribution is -2.19. The summed E-state index contributed by atoms with van der Waals surface area (Å²) in [4.78, 5) is 11.7. The Balaban J connectivity index is 2.03. The van der Waals surface area contributed by atoms with Gasteiger partial charge in [-0.25, -0.2) is 0 Å². The van der Waals surface area contributed by atoms with E-state index in [4.69, 9.17) is 17.3 Å². The number of carbonyl (C=O) groups excluding carboxylic acids is 1. The molecule has 5 nitrogen and oxygen atoms in total. The standard InChI is InChI=1S/C11H11ClN4O/c12-8-2-3-10(9(13)6-8)15-11(17)7-16-5-1-4-14-16/h1-6H,7,13H2,(H,15,17). The fraction of sp³-hybridized carbons (Fsp3) is 0.0909. The molecular formula is C11H11ClN4O. The van der Waals surface area contributed by atoms with Crippen LogP contribution in [0.4, 0.5) is 11.4 Å². The van der Waals surface area contributed by atoms with Crippen LogP contribution in [0.5, 0.6) is 0 Å². The number of nitrogen functional groups attached to an aromatic ring is 1. The molecular weight excluding hydrogens is 240 g/mol. The van der Waals surface area contributed by atoms with Gasteiger partial charge in [0.15, 0.2) is 0 Å². The molecule has 3 N–H and O–H groups in total. The second kappa shape index (κ2) is 4.88. The van der Waals surface area contributed by atoms with E-state index in [0.29, 0.717) is 16.4 Å². The Labute approximate surface area is 103 Å². The molecule has 1 heterocycles. The monoisotopic (exact) mass is 250 g/mol. The predicted octanol–water partition coefficient (Wildman–Crippen LogP) is 1.76. The van der Waals surface area contributed by atoms with E-state index in [-0.39, 0.29) is 12.5 Å². The fourth-order valence-corrected chi connectivity index (χ4v) is 1.56. The van der Waals surface area contributed by atoms with Crippen molar-refractivity contribution in [2.45, 2.75) is 6.54 Å². The third-order valence-corrected chi connectivity index (χ3v) is 2.39.